The Kier molecular flexibility index (Phi) is 13.6. The lowest BCUT2D eigenvalue weighted by Gasteiger charge is -2.52. The molecule has 276 valence electrons. The van der Waals surface area contributed by atoms with Crippen LogP contribution in [0.3, 0.4) is 0 Å². The van der Waals surface area contributed by atoms with Crippen molar-refractivity contribution >= 4 is 15.6 Å². The summed E-state index contributed by atoms with van der Waals surface area (Å²) in [5.41, 5.74) is 2.15. The van der Waals surface area contributed by atoms with E-state index in [9.17, 15) is 29.6 Å². The molecule has 0 aliphatic heterocycles. The molecule has 0 bridgehead atoms. The summed E-state index contributed by atoms with van der Waals surface area (Å²) < 4.78 is 22.2. The minimum Gasteiger partial charge on any atom is -0.395 e. The van der Waals surface area contributed by atoms with Crippen molar-refractivity contribution in [2.75, 3.05) is 19.8 Å². The average molecular weight is 719 g/mol. The van der Waals surface area contributed by atoms with Crippen LogP contribution >= 0.6 is 15.6 Å². The van der Waals surface area contributed by atoms with Crippen molar-refractivity contribution in [2.45, 2.75) is 124 Å². The molecule has 11 nitrogen and oxygen atoms in total. The van der Waals surface area contributed by atoms with Gasteiger partial charge in [0.2, 0.25) is 0 Å². The predicted octanol–water partition coefficient (Wildman–Crippen LogP) is 5.88. The second kappa shape index (κ2) is 14.6. The molecule has 0 aliphatic rings. The summed E-state index contributed by atoms with van der Waals surface area (Å²) in [7, 11) is -10.1. The number of aliphatic hydroxyl groups is 4. The molecule has 2 aromatic carbocycles. The number of aryl methyl sites for hydroxylation is 2. The number of benzene rings is 2. The number of hydrogen-bond donors (Lipinski definition) is 8. The first-order valence-electron chi connectivity index (χ1n) is 15.8. The van der Waals surface area contributed by atoms with Crippen LogP contribution in [0.2, 0.25) is 0 Å². The largest absolute Gasteiger partial charge is 0.478 e. The maximum absolute atomic E-state index is 13.7. The fourth-order valence-electron chi connectivity index (χ4n) is 6.01. The first-order chi connectivity index (χ1) is 21.1. The van der Waals surface area contributed by atoms with Gasteiger partial charge in [0.25, 0.3) is 0 Å². The van der Waals surface area contributed by atoms with E-state index in [0.717, 1.165) is 33.4 Å². The molecule has 2 aromatic rings. The molecule has 0 fully saturated rings. The van der Waals surface area contributed by atoms with Gasteiger partial charge in [0.15, 0.2) is 0 Å². The third-order valence-electron chi connectivity index (χ3n) is 8.41. The molecule has 8 N–H and O–H groups in total. The quantitative estimate of drug-likeness (QED) is 0.151. The smallest absolute Gasteiger partial charge is 0.395 e. The zero-order chi connectivity index (χ0) is 38.3. The summed E-state index contributed by atoms with van der Waals surface area (Å²) >= 11 is 0. The molecule has 0 radical (unpaired) electrons. The van der Waals surface area contributed by atoms with Crippen LogP contribution in [0.15, 0.2) is 24.3 Å². The molecule has 0 heterocycles. The van der Waals surface area contributed by atoms with Gasteiger partial charge in [-0.25, -0.2) is 9.13 Å². The van der Waals surface area contributed by atoms with Crippen LogP contribution in [-0.4, -0.2) is 59.8 Å². The summed E-state index contributed by atoms with van der Waals surface area (Å²) in [6, 6.07) is 8.48. The van der Waals surface area contributed by atoms with Crippen molar-refractivity contribution in [1.29, 1.82) is 0 Å². The summed E-state index contributed by atoms with van der Waals surface area (Å²) in [4.78, 5) is 31.0. The van der Waals surface area contributed by atoms with Gasteiger partial charge in [0.1, 0.15) is 5.60 Å². The Balaban J connectivity index is 0.00000112. The van der Waals surface area contributed by atoms with Crippen molar-refractivity contribution < 1.29 is 53.4 Å². The van der Waals surface area contributed by atoms with Crippen molar-refractivity contribution in [2.24, 2.45) is 5.41 Å². The first kappa shape index (κ1) is 44.6. The van der Waals surface area contributed by atoms with Gasteiger partial charge in [0.05, 0.1) is 25.2 Å². The van der Waals surface area contributed by atoms with Gasteiger partial charge in [0, 0.05) is 0 Å². The normalized spacial score (nSPS) is 14.1. The number of hydrogen-bond acceptors (Lipinski definition) is 7. The van der Waals surface area contributed by atoms with Crippen molar-refractivity contribution in [1.82, 2.24) is 0 Å². The summed E-state index contributed by atoms with van der Waals surface area (Å²) in [6.45, 7) is 27.9. The highest BCUT2D eigenvalue weighted by Crippen LogP contribution is 2.56. The Labute approximate surface area is 286 Å². The van der Waals surface area contributed by atoms with Crippen LogP contribution in [-0.2, 0) is 40.7 Å². The number of phosphoric acid groups is 2. The van der Waals surface area contributed by atoms with Crippen molar-refractivity contribution in [3.8, 4) is 0 Å². The minimum atomic E-state index is -5.05. The fraction of sp³-hybridized carbons (Fsp3) is 0.657. The first-order valence-corrected chi connectivity index (χ1v) is 18.9. The molecular weight excluding hydrogens is 658 g/mol. The fourth-order valence-corrected chi connectivity index (χ4v) is 7.11. The van der Waals surface area contributed by atoms with E-state index >= 15 is 0 Å². The monoisotopic (exact) mass is 718 g/mol. The van der Waals surface area contributed by atoms with Crippen molar-refractivity contribution in [3.05, 3.63) is 68.8 Å². The maximum atomic E-state index is 13.7. The molecule has 0 atom stereocenters. The Morgan fingerprint density at radius 2 is 0.729 bits per heavy atom. The molecule has 2 rings (SSSR count). The lowest BCUT2D eigenvalue weighted by Crippen LogP contribution is -2.57. The van der Waals surface area contributed by atoms with Gasteiger partial charge in [-0.3, -0.25) is 0 Å². The van der Waals surface area contributed by atoms with E-state index in [1.165, 1.54) is 0 Å². The third-order valence-corrected chi connectivity index (χ3v) is 10.1. The molecule has 0 aliphatic carbocycles. The Bertz CT molecular complexity index is 1340. The molecule has 0 spiro atoms. The molecule has 0 amide bonds. The van der Waals surface area contributed by atoms with Crippen LogP contribution in [0.25, 0.3) is 0 Å². The molecular formula is C35H60O11P2. The van der Waals surface area contributed by atoms with Gasteiger partial charge in [-0.1, -0.05) is 118 Å². The average Bonchev–Trinajstić information content (AvgIpc) is 2.85. The number of aliphatic hydroxyl groups excluding tert-OH is 3. The lowest BCUT2D eigenvalue weighted by atomic mass is 9.56. The molecule has 0 saturated carbocycles. The maximum Gasteiger partial charge on any atom is 0.478 e. The highest BCUT2D eigenvalue weighted by molar-refractivity contribution is 7.60. The molecule has 13 heteroatoms. The Morgan fingerprint density at radius 3 is 0.854 bits per heavy atom. The molecule has 48 heavy (non-hydrogen) atoms. The van der Waals surface area contributed by atoms with E-state index in [1.54, 1.807) is 0 Å². The van der Waals surface area contributed by atoms with E-state index < -0.39 is 46.5 Å². The van der Waals surface area contributed by atoms with Gasteiger partial charge < -0.3 is 40.0 Å². The van der Waals surface area contributed by atoms with Gasteiger partial charge >= 0.3 is 15.6 Å². The Hall–Kier alpha value is -1.46. The van der Waals surface area contributed by atoms with E-state index in [2.05, 4.69) is 126 Å². The second-order valence-electron chi connectivity index (χ2n) is 17.0. The SMILES string of the molecule is Cc1cc(C(C)(C)C)c(C(O)(c2c(C(C)(C)C)cc(C)cc2C(C)(C)C)C(CO)(CO)CO)c(C(C)(C)C)c1.O=P(O)(O)OP(=O)(O)O. The zero-order valence-corrected chi connectivity index (χ0v) is 32.9. The lowest BCUT2D eigenvalue weighted by molar-refractivity contribution is -0.138. The summed E-state index contributed by atoms with van der Waals surface area (Å²) in [6.07, 6.45) is 0. The predicted molar refractivity (Wildman–Crippen MR) is 189 cm³/mol. The zero-order valence-electron chi connectivity index (χ0n) is 31.1. The minimum absolute atomic E-state index is 0.379. The second-order valence-corrected chi connectivity index (χ2v) is 19.6. The highest BCUT2D eigenvalue weighted by Gasteiger charge is 2.57. The van der Waals surface area contributed by atoms with Crippen LogP contribution in [0, 0.1) is 19.3 Å². The van der Waals surface area contributed by atoms with E-state index in [4.69, 9.17) is 19.6 Å². The topological polar surface area (TPSA) is 205 Å². The standard InChI is InChI=1S/C35H56O4.H4O7P2/c1-22-15-24(30(3,4)5)28(25(16-22)31(6,7)8)35(39,34(19-36,20-37)21-38)29-26(32(9,10)11)17-23(2)18-27(29)33(12,13)14;1-8(2,3)7-9(4,5)6/h15-18,36-39H,19-21H2,1-14H3;(H2,1,2,3)(H2,4,5,6). The van der Waals surface area contributed by atoms with E-state index in [0.29, 0.717) is 11.1 Å². The van der Waals surface area contributed by atoms with Crippen LogP contribution in [0.1, 0.15) is 128 Å². The van der Waals surface area contributed by atoms with E-state index in [-0.39, 0.29) is 21.7 Å². The summed E-state index contributed by atoms with van der Waals surface area (Å²) in [5.74, 6) is 0. The highest BCUT2D eigenvalue weighted by atomic mass is 31.3. The Morgan fingerprint density at radius 1 is 0.521 bits per heavy atom. The van der Waals surface area contributed by atoms with Crippen LogP contribution in [0.5, 0.6) is 0 Å². The van der Waals surface area contributed by atoms with Gasteiger partial charge in [-0.05, 0) is 68.9 Å². The number of rotatable bonds is 8. The van der Waals surface area contributed by atoms with Crippen LogP contribution < -0.4 is 0 Å². The van der Waals surface area contributed by atoms with E-state index in [1.807, 2.05) is 0 Å². The molecule has 0 saturated heterocycles. The summed E-state index contributed by atoms with van der Waals surface area (Å²) in [5, 5.41) is 46.9. The van der Waals surface area contributed by atoms with Gasteiger partial charge in [-0.2, -0.15) is 4.31 Å². The third kappa shape index (κ3) is 10.3. The van der Waals surface area contributed by atoms with Crippen molar-refractivity contribution in [3.63, 3.8) is 0 Å². The molecule has 0 unspecified atom stereocenters. The van der Waals surface area contributed by atoms with Crippen LogP contribution in [0.4, 0.5) is 0 Å². The molecule has 0 aromatic heterocycles. The van der Waals surface area contributed by atoms with Gasteiger partial charge in [-0.15, -0.1) is 0 Å².